The van der Waals surface area contributed by atoms with Gasteiger partial charge in [0.25, 0.3) is 0 Å². The zero-order valence-corrected chi connectivity index (χ0v) is 17.1. The summed E-state index contributed by atoms with van der Waals surface area (Å²) in [7, 11) is 0. The van der Waals surface area contributed by atoms with Crippen LogP contribution in [0.2, 0.25) is 5.15 Å². The van der Waals surface area contributed by atoms with Crippen molar-refractivity contribution in [1.29, 1.82) is 0 Å². The summed E-state index contributed by atoms with van der Waals surface area (Å²) >= 11 is 6.61. The molecule has 0 spiro atoms. The Kier molecular flexibility index (Phi) is 5.11. The number of nitrogens with zero attached hydrogens (tertiary/aromatic N) is 5. The first-order chi connectivity index (χ1) is 14.7. The first-order valence-corrected chi connectivity index (χ1v) is 10.4. The van der Waals surface area contributed by atoms with Gasteiger partial charge in [0.1, 0.15) is 17.3 Å². The standard InChI is InChI=1S/C23H21ClFN5/c24-23-22(18-4-2-1-3-5-18)26-20-10-11-21(27-30(20)23)29-14-12-28(13-15-29)16-17-6-8-19(25)9-7-17/h1-11H,12-16H2. The number of imidazole rings is 1. The third-order valence-corrected chi connectivity index (χ3v) is 5.81. The fourth-order valence-electron chi connectivity index (χ4n) is 3.83. The van der Waals surface area contributed by atoms with Crippen LogP contribution >= 0.6 is 11.6 Å². The molecule has 4 aromatic rings. The van der Waals surface area contributed by atoms with E-state index >= 15 is 0 Å². The summed E-state index contributed by atoms with van der Waals surface area (Å²) in [5.74, 6) is 0.696. The number of hydrogen-bond donors (Lipinski definition) is 0. The molecule has 1 aliphatic heterocycles. The fourth-order valence-corrected chi connectivity index (χ4v) is 4.10. The van der Waals surface area contributed by atoms with Crippen LogP contribution in [0, 0.1) is 5.82 Å². The Morgan fingerprint density at radius 1 is 0.867 bits per heavy atom. The highest BCUT2D eigenvalue weighted by molar-refractivity contribution is 6.32. The maximum atomic E-state index is 13.1. The molecule has 5 rings (SSSR count). The van der Waals surface area contributed by atoms with Gasteiger partial charge in [-0.15, -0.1) is 5.10 Å². The lowest BCUT2D eigenvalue weighted by Gasteiger charge is -2.35. The highest BCUT2D eigenvalue weighted by atomic mass is 35.5. The van der Waals surface area contributed by atoms with Crippen molar-refractivity contribution in [2.75, 3.05) is 31.1 Å². The van der Waals surface area contributed by atoms with Gasteiger partial charge in [-0.25, -0.2) is 9.37 Å². The Bertz CT molecular complexity index is 1150. The van der Waals surface area contributed by atoms with Crippen molar-refractivity contribution in [3.8, 4) is 11.3 Å². The zero-order valence-electron chi connectivity index (χ0n) is 16.4. The summed E-state index contributed by atoms with van der Waals surface area (Å²) < 4.78 is 14.8. The number of benzene rings is 2. The largest absolute Gasteiger partial charge is 0.353 e. The normalized spacial score (nSPS) is 15.1. The molecule has 0 bridgehead atoms. The van der Waals surface area contributed by atoms with Crippen LogP contribution in [-0.2, 0) is 6.54 Å². The number of halogens is 2. The molecule has 30 heavy (non-hydrogen) atoms. The van der Waals surface area contributed by atoms with Gasteiger partial charge in [-0.1, -0.05) is 54.1 Å². The average molecular weight is 422 g/mol. The van der Waals surface area contributed by atoms with Gasteiger partial charge in [0.15, 0.2) is 10.8 Å². The Hall–Kier alpha value is -2.96. The van der Waals surface area contributed by atoms with Gasteiger partial charge in [0.05, 0.1) is 0 Å². The van der Waals surface area contributed by atoms with Crippen molar-refractivity contribution in [2.24, 2.45) is 0 Å². The Labute approximate surface area is 179 Å². The van der Waals surface area contributed by atoms with E-state index in [9.17, 15) is 4.39 Å². The van der Waals surface area contributed by atoms with Crippen molar-refractivity contribution in [2.45, 2.75) is 6.54 Å². The summed E-state index contributed by atoms with van der Waals surface area (Å²) in [6, 6.07) is 20.6. The lowest BCUT2D eigenvalue weighted by atomic mass is 10.2. The van der Waals surface area contributed by atoms with Crippen molar-refractivity contribution >= 4 is 23.1 Å². The highest BCUT2D eigenvalue weighted by Gasteiger charge is 2.20. The zero-order chi connectivity index (χ0) is 20.5. The van der Waals surface area contributed by atoms with Gasteiger partial charge in [-0.05, 0) is 29.8 Å². The van der Waals surface area contributed by atoms with E-state index in [0.717, 1.165) is 61.0 Å². The van der Waals surface area contributed by atoms with Gasteiger partial charge in [0, 0.05) is 38.3 Å². The molecular weight excluding hydrogens is 401 g/mol. The summed E-state index contributed by atoms with van der Waals surface area (Å²) in [5, 5.41) is 5.27. The van der Waals surface area contributed by atoms with Gasteiger partial charge in [-0.3, -0.25) is 4.90 Å². The van der Waals surface area contributed by atoms with E-state index in [2.05, 4.69) is 14.8 Å². The van der Waals surface area contributed by atoms with Crippen LogP contribution in [0.15, 0.2) is 66.7 Å². The molecule has 2 aromatic heterocycles. The maximum absolute atomic E-state index is 13.1. The molecule has 0 atom stereocenters. The highest BCUT2D eigenvalue weighted by Crippen LogP contribution is 2.28. The maximum Gasteiger partial charge on any atom is 0.159 e. The topological polar surface area (TPSA) is 36.7 Å². The SMILES string of the molecule is Fc1ccc(CN2CCN(c3ccc4nc(-c5ccccc5)c(Cl)n4n3)CC2)cc1. The molecule has 0 unspecified atom stereocenters. The van der Waals surface area contributed by atoms with Crippen LogP contribution in [0.3, 0.4) is 0 Å². The van der Waals surface area contributed by atoms with Crippen LogP contribution in [0.1, 0.15) is 5.56 Å². The molecule has 0 N–H and O–H groups in total. The lowest BCUT2D eigenvalue weighted by Crippen LogP contribution is -2.46. The Morgan fingerprint density at radius 2 is 1.60 bits per heavy atom. The van der Waals surface area contributed by atoms with E-state index in [-0.39, 0.29) is 5.82 Å². The van der Waals surface area contributed by atoms with Crippen LogP contribution in [0.4, 0.5) is 10.2 Å². The molecule has 1 fully saturated rings. The predicted octanol–water partition coefficient (Wildman–Crippen LogP) is 4.51. The van der Waals surface area contributed by atoms with Crippen LogP contribution in [0.25, 0.3) is 16.9 Å². The first kappa shape index (κ1) is 19.0. The minimum Gasteiger partial charge on any atom is -0.353 e. The van der Waals surface area contributed by atoms with Gasteiger partial charge < -0.3 is 4.90 Å². The molecule has 7 heteroatoms. The third kappa shape index (κ3) is 3.76. The number of aromatic nitrogens is 3. The number of rotatable bonds is 4. The number of hydrogen-bond acceptors (Lipinski definition) is 4. The third-order valence-electron chi connectivity index (χ3n) is 5.47. The van der Waals surface area contributed by atoms with Gasteiger partial charge >= 0.3 is 0 Å². The molecule has 2 aromatic carbocycles. The van der Waals surface area contributed by atoms with Crippen LogP contribution < -0.4 is 4.90 Å². The van der Waals surface area contributed by atoms with E-state index in [1.165, 1.54) is 12.1 Å². The molecular formula is C23H21ClFN5. The van der Waals surface area contributed by atoms with Crippen LogP contribution in [0.5, 0.6) is 0 Å². The number of piperazine rings is 1. The Morgan fingerprint density at radius 3 is 2.33 bits per heavy atom. The van der Waals surface area contributed by atoms with Crippen molar-refractivity contribution in [3.05, 3.63) is 83.3 Å². The van der Waals surface area contributed by atoms with Crippen molar-refractivity contribution in [1.82, 2.24) is 19.5 Å². The van der Waals surface area contributed by atoms with Crippen LogP contribution in [-0.4, -0.2) is 45.7 Å². The van der Waals surface area contributed by atoms with Gasteiger partial charge in [-0.2, -0.15) is 4.52 Å². The minimum atomic E-state index is -0.196. The second-order valence-corrected chi connectivity index (χ2v) is 7.83. The second kappa shape index (κ2) is 8.05. The lowest BCUT2D eigenvalue weighted by molar-refractivity contribution is 0.249. The van der Waals surface area contributed by atoms with E-state index in [1.807, 2.05) is 54.6 Å². The molecule has 0 aliphatic carbocycles. The van der Waals surface area contributed by atoms with Gasteiger partial charge in [0.2, 0.25) is 0 Å². The Balaban J connectivity index is 1.31. The molecule has 1 aliphatic rings. The fraction of sp³-hybridized carbons (Fsp3) is 0.217. The van der Waals surface area contributed by atoms with E-state index in [0.29, 0.717) is 5.15 Å². The average Bonchev–Trinajstić information content (AvgIpc) is 3.12. The molecule has 3 heterocycles. The monoisotopic (exact) mass is 421 g/mol. The number of anilines is 1. The van der Waals surface area contributed by atoms with E-state index in [1.54, 1.807) is 4.52 Å². The quantitative estimate of drug-likeness (QED) is 0.485. The summed E-state index contributed by atoms with van der Waals surface area (Å²) in [6.07, 6.45) is 0. The summed E-state index contributed by atoms with van der Waals surface area (Å²) in [6.45, 7) is 4.41. The molecule has 0 amide bonds. The minimum absolute atomic E-state index is 0.196. The molecule has 1 saturated heterocycles. The molecule has 5 nitrogen and oxygen atoms in total. The summed E-state index contributed by atoms with van der Waals surface area (Å²) in [4.78, 5) is 9.29. The molecule has 152 valence electrons. The van der Waals surface area contributed by atoms with E-state index < -0.39 is 0 Å². The van der Waals surface area contributed by atoms with E-state index in [4.69, 9.17) is 16.7 Å². The first-order valence-electron chi connectivity index (χ1n) is 10.00. The molecule has 0 radical (unpaired) electrons. The summed E-state index contributed by atoms with van der Waals surface area (Å²) in [5.41, 5.74) is 3.58. The number of fused-ring (bicyclic) bond motifs is 1. The molecule has 0 saturated carbocycles. The smallest absolute Gasteiger partial charge is 0.159 e. The van der Waals surface area contributed by atoms with Crippen molar-refractivity contribution < 1.29 is 4.39 Å². The van der Waals surface area contributed by atoms with Crippen molar-refractivity contribution in [3.63, 3.8) is 0 Å². The predicted molar refractivity (Wildman–Crippen MR) is 117 cm³/mol. The second-order valence-electron chi connectivity index (χ2n) is 7.47.